The van der Waals surface area contributed by atoms with E-state index >= 15 is 0 Å². The highest BCUT2D eigenvalue weighted by molar-refractivity contribution is 7.89. The van der Waals surface area contributed by atoms with Crippen LogP contribution in [0.5, 0.6) is 5.75 Å². The number of hydrogen-bond acceptors (Lipinski definition) is 7. The molecule has 208 valence electrons. The van der Waals surface area contributed by atoms with Gasteiger partial charge in [0, 0.05) is 29.6 Å². The maximum absolute atomic E-state index is 13.4. The Hall–Kier alpha value is -3.66. The van der Waals surface area contributed by atoms with E-state index in [1.54, 1.807) is 48.5 Å². The third-order valence-electron chi connectivity index (χ3n) is 7.18. The van der Waals surface area contributed by atoms with Crippen molar-refractivity contribution in [2.75, 3.05) is 32.1 Å². The maximum atomic E-state index is 13.4. The van der Waals surface area contributed by atoms with Crippen molar-refractivity contribution in [1.82, 2.24) is 4.31 Å². The number of hydrogen-bond donors (Lipinski definition) is 1. The molecule has 1 N–H and O–H groups in total. The number of ether oxygens (including phenoxy) is 1. The van der Waals surface area contributed by atoms with Gasteiger partial charge < -0.3 is 14.5 Å². The molecule has 0 atom stereocenters. The fraction of sp³-hybridized carbons (Fsp3) is 0.267. The summed E-state index contributed by atoms with van der Waals surface area (Å²) in [6.45, 7) is 2.86. The van der Waals surface area contributed by atoms with Gasteiger partial charge >= 0.3 is 0 Å². The molecule has 0 unspecified atom stereocenters. The van der Waals surface area contributed by atoms with Crippen LogP contribution in [0.2, 0.25) is 5.02 Å². The van der Waals surface area contributed by atoms with Crippen LogP contribution in [0.15, 0.2) is 76.0 Å². The molecule has 3 aromatic carbocycles. The predicted octanol–water partition coefficient (Wildman–Crippen LogP) is 6.04. The molecular formula is C30H29ClN2O6S. The van der Waals surface area contributed by atoms with Crippen molar-refractivity contribution in [1.29, 1.82) is 0 Å². The molecule has 0 radical (unpaired) electrons. The molecule has 5 rings (SSSR count). The highest BCUT2D eigenvalue weighted by Crippen LogP contribution is 2.34. The number of furan rings is 1. The summed E-state index contributed by atoms with van der Waals surface area (Å²) in [6, 6.07) is 17.9. The first-order chi connectivity index (χ1) is 19.2. The SMILES string of the molecule is COc1ccc(C(=O)c2oc3ccccc3c2NCC(=O)c2cccc(S(=O)(=O)N3CCC(C)CC3)c2)cc1Cl. The summed E-state index contributed by atoms with van der Waals surface area (Å²) in [6.07, 6.45) is 1.62. The number of sulfonamides is 1. The van der Waals surface area contributed by atoms with Gasteiger partial charge in [0.2, 0.25) is 15.8 Å². The van der Waals surface area contributed by atoms with Gasteiger partial charge in [0.05, 0.1) is 29.3 Å². The summed E-state index contributed by atoms with van der Waals surface area (Å²) in [5, 5.41) is 3.98. The Bertz CT molecular complexity index is 1690. The lowest BCUT2D eigenvalue weighted by Gasteiger charge is -2.29. The number of nitrogens with one attached hydrogen (secondary N) is 1. The van der Waals surface area contributed by atoms with Gasteiger partial charge in [-0.2, -0.15) is 4.31 Å². The minimum absolute atomic E-state index is 0.0332. The predicted molar refractivity (Wildman–Crippen MR) is 154 cm³/mol. The van der Waals surface area contributed by atoms with Crippen LogP contribution in [0.4, 0.5) is 5.69 Å². The highest BCUT2D eigenvalue weighted by Gasteiger charge is 2.29. The van der Waals surface area contributed by atoms with E-state index in [4.69, 9.17) is 20.8 Å². The largest absolute Gasteiger partial charge is 0.495 e. The lowest BCUT2D eigenvalue weighted by atomic mass is 10.0. The zero-order valence-corrected chi connectivity index (χ0v) is 23.7. The second kappa shape index (κ2) is 11.4. The first-order valence-corrected chi connectivity index (χ1v) is 14.8. The number of halogens is 1. The first kappa shape index (κ1) is 27.9. The van der Waals surface area contributed by atoms with Crippen LogP contribution in [0.1, 0.15) is 46.2 Å². The van der Waals surface area contributed by atoms with Crippen LogP contribution >= 0.6 is 11.6 Å². The summed E-state index contributed by atoms with van der Waals surface area (Å²) in [5.41, 5.74) is 1.39. The average Bonchev–Trinajstić information content (AvgIpc) is 3.34. The monoisotopic (exact) mass is 580 g/mol. The van der Waals surface area contributed by atoms with Gasteiger partial charge in [0.15, 0.2) is 11.5 Å². The van der Waals surface area contributed by atoms with Crippen molar-refractivity contribution >= 4 is 49.8 Å². The van der Waals surface area contributed by atoms with Crippen molar-refractivity contribution in [2.45, 2.75) is 24.7 Å². The topological polar surface area (TPSA) is 106 Å². The molecule has 1 saturated heterocycles. The molecule has 1 fully saturated rings. The molecule has 0 saturated carbocycles. The number of piperidine rings is 1. The number of para-hydroxylation sites is 1. The number of carbonyl (C=O) groups excluding carboxylic acids is 2. The van der Waals surface area contributed by atoms with Crippen LogP contribution in [0.25, 0.3) is 11.0 Å². The summed E-state index contributed by atoms with van der Waals surface area (Å²) < 4.78 is 39.0. The number of Topliss-reactive ketones (excluding diaryl/α,β-unsaturated/α-hetero) is 1. The zero-order chi connectivity index (χ0) is 28.4. The van der Waals surface area contributed by atoms with E-state index in [1.807, 2.05) is 0 Å². The Morgan fingerprint density at radius 2 is 1.77 bits per heavy atom. The molecule has 10 heteroatoms. The molecule has 40 heavy (non-hydrogen) atoms. The van der Waals surface area contributed by atoms with Crippen LogP contribution < -0.4 is 10.1 Å². The van der Waals surface area contributed by atoms with Crippen molar-refractivity contribution in [2.24, 2.45) is 5.92 Å². The molecule has 1 aliphatic heterocycles. The van der Waals surface area contributed by atoms with Gasteiger partial charge in [-0.1, -0.05) is 42.8 Å². The number of rotatable bonds is 9. The molecule has 2 heterocycles. The van der Waals surface area contributed by atoms with Crippen LogP contribution in [-0.4, -0.2) is 51.0 Å². The smallest absolute Gasteiger partial charge is 0.243 e. The lowest BCUT2D eigenvalue weighted by Crippen LogP contribution is -2.37. The molecule has 8 nitrogen and oxygen atoms in total. The minimum atomic E-state index is -3.70. The van der Waals surface area contributed by atoms with Crippen molar-refractivity contribution < 1.29 is 27.2 Å². The van der Waals surface area contributed by atoms with Crippen molar-refractivity contribution in [3.63, 3.8) is 0 Å². The lowest BCUT2D eigenvalue weighted by molar-refractivity contribution is 0.0997. The zero-order valence-electron chi connectivity index (χ0n) is 22.1. The molecule has 1 aromatic heterocycles. The Morgan fingerprint density at radius 3 is 2.50 bits per heavy atom. The Labute approximate surface area is 237 Å². The summed E-state index contributed by atoms with van der Waals surface area (Å²) in [5.74, 6) is 0.208. The summed E-state index contributed by atoms with van der Waals surface area (Å²) >= 11 is 6.24. The van der Waals surface area contributed by atoms with E-state index in [1.165, 1.54) is 29.6 Å². The molecule has 1 aliphatic rings. The maximum Gasteiger partial charge on any atom is 0.243 e. The Morgan fingerprint density at radius 1 is 1.02 bits per heavy atom. The summed E-state index contributed by atoms with van der Waals surface area (Å²) in [4.78, 5) is 26.8. The average molecular weight is 581 g/mol. The number of fused-ring (bicyclic) bond motifs is 1. The molecule has 4 aromatic rings. The van der Waals surface area contributed by atoms with Gasteiger partial charge in [-0.05, 0) is 61.2 Å². The van der Waals surface area contributed by atoms with E-state index < -0.39 is 15.8 Å². The molecular weight excluding hydrogens is 552 g/mol. The molecule has 0 spiro atoms. The van der Waals surface area contributed by atoms with Crippen LogP contribution in [0.3, 0.4) is 0 Å². The van der Waals surface area contributed by atoms with E-state index in [0.29, 0.717) is 47.0 Å². The summed E-state index contributed by atoms with van der Waals surface area (Å²) in [7, 11) is -2.22. The van der Waals surface area contributed by atoms with E-state index in [9.17, 15) is 18.0 Å². The fourth-order valence-electron chi connectivity index (χ4n) is 4.79. The first-order valence-electron chi connectivity index (χ1n) is 13.0. The number of nitrogens with zero attached hydrogens (tertiary/aromatic N) is 1. The number of benzene rings is 3. The van der Waals surface area contributed by atoms with Crippen molar-refractivity contribution in [3.8, 4) is 5.75 Å². The van der Waals surface area contributed by atoms with E-state index in [2.05, 4.69) is 12.2 Å². The molecule has 0 aliphatic carbocycles. The Balaban J connectivity index is 1.39. The molecule has 0 bridgehead atoms. The number of ketones is 2. The third-order valence-corrected chi connectivity index (χ3v) is 9.37. The van der Waals surface area contributed by atoms with Gasteiger partial charge in [-0.25, -0.2) is 8.42 Å². The normalized spacial score (nSPS) is 14.8. The van der Waals surface area contributed by atoms with Gasteiger partial charge in [0.25, 0.3) is 0 Å². The number of anilines is 1. The second-order valence-electron chi connectivity index (χ2n) is 9.87. The van der Waals surface area contributed by atoms with Crippen LogP contribution in [0, 0.1) is 5.92 Å². The standard InChI is InChI=1S/C30H29ClN2O6S/c1-19-12-14-33(15-13-19)40(36,37)22-7-5-6-20(16-22)25(34)18-32-28-23-8-3-4-9-26(23)39-30(28)29(35)21-10-11-27(38-2)24(31)17-21/h3-11,16-17,19,32H,12-15,18H2,1-2H3. The van der Waals surface area contributed by atoms with Gasteiger partial charge in [-0.3, -0.25) is 9.59 Å². The van der Waals surface area contributed by atoms with Crippen molar-refractivity contribution in [3.05, 3.63) is 88.6 Å². The van der Waals surface area contributed by atoms with E-state index in [0.717, 1.165) is 12.8 Å². The van der Waals surface area contributed by atoms with Gasteiger partial charge in [-0.15, -0.1) is 0 Å². The van der Waals surface area contributed by atoms with Crippen LogP contribution in [-0.2, 0) is 10.0 Å². The number of methoxy groups -OCH3 is 1. The number of carbonyl (C=O) groups is 2. The highest BCUT2D eigenvalue weighted by atomic mass is 35.5. The van der Waals surface area contributed by atoms with E-state index in [-0.39, 0.29) is 33.6 Å². The Kier molecular flexibility index (Phi) is 7.98. The third kappa shape index (κ3) is 5.50. The second-order valence-corrected chi connectivity index (χ2v) is 12.2. The quantitative estimate of drug-likeness (QED) is 0.240. The fourth-order valence-corrected chi connectivity index (χ4v) is 6.57. The minimum Gasteiger partial charge on any atom is -0.495 e. The van der Waals surface area contributed by atoms with Gasteiger partial charge in [0.1, 0.15) is 11.3 Å². The molecule has 0 amide bonds.